The van der Waals surface area contributed by atoms with E-state index in [1.807, 2.05) is 48.5 Å². The zero-order chi connectivity index (χ0) is 16.4. The molecule has 1 spiro atoms. The Morgan fingerprint density at radius 3 is 2.60 bits per heavy atom. The topological polar surface area (TPSA) is 47.6 Å². The number of benzene rings is 2. The molecule has 0 amide bonds. The fraction of sp³-hybridized carbons (Fsp3) is 0.350. The molecule has 0 radical (unpaired) electrons. The maximum Gasteiger partial charge on any atom is 0.170 e. The molecule has 0 saturated carbocycles. The maximum atomic E-state index is 12.5. The first-order chi connectivity index (χ1) is 11.7. The van der Waals surface area contributed by atoms with Crippen molar-refractivity contribution in [3.8, 4) is 11.5 Å². The molecule has 2 aromatic carbocycles. The Kier molecular flexibility index (Phi) is 5.30. The molecule has 2 aliphatic heterocycles. The van der Waals surface area contributed by atoms with Crippen molar-refractivity contribution in [2.45, 2.75) is 31.5 Å². The normalized spacial score (nSPS) is 18.0. The molecule has 0 atom stereocenters. The van der Waals surface area contributed by atoms with E-state index in [0.717, 1.165) is 37.2 Å². The van der Waals surface area contributed by atoms with Crippen LogP contribution in [0.25, 0.3) is 0 Å². The third-order valence-electron chi connectivity index (χ3n) is 4.83. The van der Waals surface area contributed by atoms with E-state index in [1.165, 1.54) is 0 Å². The summed E-state index contributed by atoms with van der Waals surface area (Å²) in [4.78, 5) is 12.5. The van der Waals surface area contributed by atoms with Gasteiger partial charge >= 0.3 is 0 Å². The second-order valence-electron chi connectivity index (χ2n) is 6.57. The van der Waals surface area contributed by atoms with Gasteiger partial charge in [-0.15, -0.1) is 12.4 Å². The van der Waals surface area contributed by atoms with Crippen LogP contribution in [0.1, 0.15) is 35.2 Å². The highest BCUT2D eigenvalue weighted by atomic mass is 35.5. The van der Waals surface area contributed by atoms with Crippen molar-refractivity contribution in [1.82, 2.24) is 5.32 Å². The molecular weight excluding hydrogens is 338 g/mol. The van der Waals surface area contributed by atoms with Crippen LogP contribution < -0.4 is 14.8 Å². The number of halogens is 1. The summed E-state index contributed by atoms with van der Waals surface area (Å²) in [6, 6.07) is 15.6. The number of Topliss-reactive ketones (excluding diaryl/α,β-unsaturated/α-hetero) is 1. The van der Waals surface area contributed by atoms with E-state index in [-0.39, 0.29) is 23.8 Å². The number of rotatable bonds is 3. The molecule has 2 aromatic rings. The molecule has 132 valence electrons. The number of hydrogen-bond donors (Lipinski definition) is 1. The Balaban J connectivity index is 0.00000182. The van der Waals surface area contributed by atoms with Crippen molar-refractivity contribution < 1.29 is 14.3 Å². The summed E-state index contributed by atoms with van der Waals surface area (Å²) in [7, 11) is 0. The summed E-state index contributed by atoms with van der Waals surface area (Å²) >= 11 is 0. The lowest BCUT2D eigenvalue weighted by atomic mass is 9.83. The Morgan fingerprint density at radius 2 is 1.84 bits per heavy atom. The van der Waals surface area contributed by atoms with Crippen LogP contribution in [0.2, 0.25) is 0 Å². The summed E-state index contributed by atoms with van der Waals surface area (Å²) < 4.78 is 12.1. The molecule has 5 heteroatoms. The van der Waals surface area contributed by atoms with Gasteiger partial charge in [-0.1, -0.05) is 30.3 Å². The molecule has 2 aliphatic rings. The van der Waals surface area contributed by atoms with Crippen LogP contribution in [-0.2, 0) is 6.61 Å². The lowest BCUT2D eigenvalue weighted by Crippen LogP contribution is -2.49. The van der Waals surface area contributed by atoms with Crippen LogP contribution in [0, 0.1) is 0 Å². The third-order valence-corrected chi connectivity index (χ3v) is 4.83. The summed E-state index contributed by atoms with van der Waals surface area (Å²) in [5, 5.41) is 3.33. The largest absolute Gasteiger partial charge is 0.489 e. The van der Waals surface area contributed by atoms with Gasteiger partial charge in [0, 0.05) is 18.9 Å². The number of fused-ring (bicyclic) bond motifs is 1. The minimum absolute atomic E-state index is 0. The fourth-order valence-electron chi connectivity index (χ4n) is 3.47. The number of piperidine rings is 1. The van der Waals surface area contributed by atoms with Crippen LogP contribution in [0.15, 0.2) is 48.5 Å². The molecular formula is C20H22ClNO3. The molecule has 1 saturated heterocycles. The second kappa shape index (κ2) is 7.46. The quantitative estimate of drug-likeness (QED) is 0.906. The zero-order valence-electron chi connectivity index (χ0n) is 14.0. The highest BCUT2D eigenvalue weighted by Gasteiger charge is 2.41. The third kappa shape index (κ3) is 3.80. The molecule has 4 rings (SSSR count). The average molecular weight is 360 g/mol. The predicted molar refractivity (Wildman–Crippen MR) is 98.9 cm³/mol. The Morgan fingerprint density at radius 1 is 1.08 bits per heavy atom. The van der Waals surface area contributed by atoms with Crippen LogP contribution in [0.5, 0.6) is 11.5 Å². The standard InChI is InChI=1S/C20H21NO3.ClH/c22-18-13-20(8-10-21-11-9-20)24-19-12-16(6-7-17(18)19)23-14-15-4-2-1-3-5-15;/h1-7,12,21H,8-11,13-14H2;1H. The van der Waals surface area contributed by atoms with Gasteiger partial charge in [-0.05, 0) is 30.8 Å². The Hall–Kier alpha value is -2.04. The first-order valence-corrected chi connectivity index (χ1v) is 8.48. The minimum Gasteiger partial charge on any atom is -0.489 e. The van der Waals surface area contributed by atoms with Crippen molar-refractivity contribution in [2.24, 2.45) is 0 Å². The highest BCUT2D eigenvalue weighted by molar-refractivity contribution is 6.00. The molecule has 1 fully saturated rings. The molecule has 2 heterocycles. The molecule has 0 aliphatic carbocycles. The fourth-order valence-corrected chi connectivity index (χ4v) is 3.47. The number of ketones is 1. The van der Waals surface area contributed by atoms with Crippen LogP contribution >= 0.6 is 12.4 Å². The molecule has 1 N–H and O–H groups in total. The van der Waals surface area contributed by atoms with E-state index < -0.39 is 0 Å². The number of nitrogens with one attached hydrogen (secondary N) is 1. The van der Waals surface area contributed by atoms with E-state index in [1.54, 1.807) is 0 Å². The molecule has 4 nitrogen and oxygen atoms in total. The van der Waals surface area contributed by atoms with Gasteiger partial charge in [-0.2, -0.15) is 0 Å². The monoisotopic (exact) mass is 359 g/mol. The van der Waals surface area contributed by atoms with Crippen molar-refractivity contribution >= 4 is 18.2 Å². The molecule has 0 bridgehead atoms. The van der Waals surface area contributed by atoms with E-state index in [2.05, 4.69) is 5.32 Å². The van der Waals surface area contributed by atoms with Gasteiger partial charge in [-0.25, -0.2) is 0 Å². The smallest absolute Gasteiger partial charge is 0.170 e. The SMILES string of the molecule is Cl.O=C1CC2(CCNCC2)Oc2cc(OCc3ccccc3)ccc21. The van der Waals surface area contributed by atoms with Gasteiger partial charge in [-0.3, -0.25) is 4.79 Å². The van der Waals surface area contributed by atoms with E-state index in [0.29, 0.717) is 24.3 Å². The number of ether oxygens (including phenoxy) is 2. The van der Waals surface area contributed by atoms with Gasteiger partial charge in [0.25, 0.3) is 0 Å². The van der Waals surface area contributed by atoms with Gasteiger partial charge in [0.1, 0.15) is 23.7 Å². The maximum absolute atomic E-state index is 12.5. The average Bonchev–Trinajstić information content (AvgIpc) is 2.61. The van der Waals surface area contributed by atoms with Gasteiger partial charge in [0.2, 0.25) is 0 Å². The Bertz CT molecular complexity index is 742. The van der Waals surface area contributed by atoms with Crippen LogP contribution in [-0.4, -0.2) is 24.5 Å². The van der Waals surface area contributed by atoms with Crippen molar-refractivity contribution in [3.05, 3.63) is 59.7 Å². The van der Waals surface area contributed by atoms with E-state index >= 15 is 0 Å². The first kappa shape index (κ1) is 17.8. The number of carbonyl (C=O) groups excluding carboxylic acids is 1. The van der Waals surface area contributed by atoms with Gasteiger partial charge in [0.05, 0.1) is 12.0 Å². The first-order valence-electron chi connectivity index (χ1n) is 8.48. The Labute approximate surface area is 153 Å². The van der Waals surface area contributed by atoms with E-state index in [4.69, 9.17) is 9.47 Å². The minimum atomic E-state index is -0.340. The predicted octanol–water partition coefficient (Wildman–Crippen LogP) is 3.77. The van der Waals surface area contributed by atoms with Crippen LogP contribution in [0.3, 0.4) is 0 Å². The zero-order valence-corrected chi connectivity index (χ0v) is 14.8. The molecule has 0 unspecified atom stereocenters. The summed E-state index contributed by atoms with van der Waals surface area (Å²) in [6.45, 7) is 2.29. The van der Waals surface area contributed by atoms with Crippen molar-refractivity contribution in [2.75, 3.05) is 13.1 Å². The van der Waals surface area contributed by atoms with Gasteiger partial charge < -0.3 is 14.8 Å². The number of hydrogen-bond acceptors (Lipinski definition) is 4. The lowest BCUT2D eigenvalue weighted by Gasteiger charge is -2.40. The van der Waals surface area contributed by atoms with Gasteiger partial charge in [0.15, 0.2) is 5.78 Å². The lowest BCUT2D eigenvalue weighted by molar-refractivity contribution is 0.0185. The van der Waals surface area contributed by atoms with Crippen molar-refractivity contribution in [1.29, 1.82) is 0 Å². The van der Waals surface area contributed by atoms with Crippen molar-refractivity contribution in [3.63, 3.8) is 0 Å². The second-order valence-corrected chi connectivity index (χ2v) is 6.57. The van der Waals surface area contributed by atoms with Crippen LogP contribution in [0.4, 0.5) is 0 Å². The highest BCUT2D eigenvalue weighted by Crippen LogP contribution is 2.39. The summed E-state index contributed by atoms with van der Waals surface area (Å²) in [5.41, 5.74) is 1.45. The summed E-state index contributed by atoms with van der Waals surface area (Å²) in [6.07, 6.45) is 2.21. The van der Waals surface area contributed by atoms with E-state index in [9.17, 15) is 4.79 Å². The molecule has 25 heavy (non-hydrogen) atoms. The summed E-state index contributed by atoms with van der Waals surface area (Å²) in [5.74, 6) is 1.57. The number of carbonyl (C=O) groups is 1. The molecule has 0 aromatic heterocycles.